The van der Waals surface area contributed by atoms with Crippen LogP contribution in [0.25, 0.3) is 43.4 Å². The molecule has 0 bridgehead atoms. The van der Waals surface area contributed by atoms with Gasteiger partial charge in [-0.25, -0.2) is 9.97 Å². The maximum absolute atomic E-state index is 5.02. The van der Waals surface area contributed by atoms with Crippen LogP contribution in [-0.2, 0) is 12.8 Å². The normalized spacial score (nSPS) is 11.3. The summed E-state index contributed by atoms with van der Waals surface area (Å²) in [7, 11) is 0. The van der Waals surface area contributed by atoms with Gasteiger partial charge in [0.25, 0.3) is 0 Å². The van der Waals surface area contributed by atoms with E-state index < -0.39 is 0 Å². The first-order valence-corrected chi connectivity index (χ1v) is 16.3. The molecule has 4 heteroatoms. The topological polar surface area (TPSA) is 25.8 Å². The van der Waals surface area contributed by atoms with Crippen molar-refractivity contribution in [2.75, 3.05) is 0 Å². The molecule has 0 fully saturated rings. The summed E-state index contributed by atoms with van der Waals surface area (Å²) in [6.45, 7) is 13.2. The van der Waals surface area contributed by atoms with Crippen LogP contribution in [0.2, 0.25) is 0 Å². The maximum Gasteiger partial charge on any atom is 0.123 e. The quantitative estimate of drug-likeness (QED) is 0.186. The second-order valence-corrected chi connectivity index (χ2v) is 13.1. The first-order chi connectivity index (χ1) is 20.3. The minimum absolute atomic E-state index is 0.889. The molecular formula is C38H36N2S2. The lowest BCUT2D eigenvalue weighted by Crippen LogP contribution is -1.93. The van der Waals surface area contributed by atoms with Crippen molar-refractivity contribution >= 4 is 22.7 Å². The first kappa shape index (κ1) is 28.3. The van der Waals surface area contributed by atoms with Crippen LogP contribution in [0.4, 0.5) is 0 Å². The molecule has 4 aromatic carbocycles. The van der Waals surface area contributed by atoms with Gasteiger partial charge >= 0.3 is 0 Å². The van der Waals surface area contributed by atoms with E-state index in [4.69, 9.17) is 9.97 Å². The molecule has 0 aliphatic rings. The van der Waals surface area contributed by atoms with Crippen molar-refractivity contribution in [1.29, 1.82) is 0 Å². The van der Waals surface area contributed by atoms with Crippen molar-refractivity contribution in [3.05, 3.63) is 128 Å². The van der Waals surface area contributed by atoms with Crippen LogP contribution < -0.4 is 0 Å². The Balaban J connectivity index is 1.16. The number of rotatable bonds is 7. The third-order valence-electron chi connectivity index (χ3n) is 8.49. The Hall–Kier alpha value is -3.86. The van der Waals surface area contributed by atoms with Crippen LogP contribution in [-0.4, -0.2) is 9.97 Å². The van der Waals surface area contributed by atoms with Gasteiger partial charge in [0.05, 0.1) is 11.4 Å². The minimum Gasteiger partial charge on any atom is -0.241 e. The van der Waals surface area contributed by atoms with Crippen LogP contribution in [0.5, 0.6) is 0 Å². The molecule has 2 aromatic heterocycles. The van der Waals surface area contributed by atoms with Crippen LogP contribution >= 0.6 is 22.7 Å². The Bertz CT molecular complexity index is 1910. The Labute approximate surface area is 257 Å². The monoisotopic (exact) mass is 584 g/mol. The number of thiazole rings is 2. The number of aromatic nitrogens is 2. The van der Waals surface area contributed by atoms with E-state index in [0.717, 1.165) is 34.2 Å². The van der Waals surface area contributed by atoms with Crippen molar-refractivity contribution in [2.45, 2.75) is 54.4 Å². The zero-order valence-corrected chi connectivity index (χ0v) is 26.8. The molecular weight excluding hydrogens is 549 g/mol. The standard InChI is InChI=1S/C38H36N2S2/c1-23-9-7-11-34(27(23)5)33-18-15-29(19-26(33)4)37-39-31(21-41-37)16-17-32-22-42-38(40-32)30-14-13-25(3)36(20-30)35-12-8-10-24(2)28(35)6/h7-15,18-22H,16-17H2,1-6H3. The average Bonchev–Trinajstić information content (AvgIpc) is 3.66. The van der Waals surface area contributed by atoms with Crippen molar-refractivity contribution in [3.63, 3.8) is 0 Å². The highest BCUT2D eigenvalue weighted by Gasteiger charge is 2.13. The Morgan fingerprint density at radius 2 is 1.00 bits per heavy atom. The number of aryl methyl sites for hydroxylation is 6. The average molecular weight is 585 g/mol. The van der Waals surface area contributed by atoms with Crippen LogP contribution in [0.3, 0.4) is 0 Å². The molecule has 0 spiro atoms. The van der Waals surface area contributed by atoms with E-state index in [1.165, 1.54) is 66.8 Å². The number of nitrogens with zero attached hydrogens (tertiary/aromatic N) is 2. The highest BCUT2D eigenvalue weighted by Crippen LogP contribution is 2.35. The highest BCUT2D eigenvalue weighted by atomic mass is 32.1. The zero-order chi connectivity index (χ0) is 29.4. The smallest absolute Gasteiger partial charge is 0.123 e. The fourth-order valence-electron chi connectivity index (χ4n) is 5.59. The third kappa shape index (κ3) is 5.62. The molecule has 2 heterocycles. The van der Waals surface area contributed by atoms with Gasteiger partial charge in [-0.05, 0) is 122 Å². The zero-order valence-electron chi connectivity index (χ0n) is 25.2. The molecule has 0 atom stereocenters. The fraction of sp³-hybridized carbons (Fsp3) is 0.211. The van der Waals surface area contributed by atoms with E-state index >= 15 is 0 Å². The Morgan fingerprint density at radius 1 is 0.476 bits per heavy atom. The summed E-state index contributed by atoms with van der Waals surface area (Å²) in [5, 5.41) is 6.57. The van der Waals surface area contributed by atoms with Gasteiger partial charge in [0.15, 0.2) is 0 Å². The van der Waals surface area contributed by atoms with Gasteiger partial charge < -0.3 is 0 Å². The van der Waals surface area contributed by atoms with Gasteiger partial charge in [0.2, 0.25) is 0 Å². The van der Waals surface area contributed by atoms with Gasteiger partial charge in [-0.3, -0.25) is 0 Å². The Kier molecular flexibility index (Phi) is 7.94. The molecule has 0 unspecified atom stereocenters. The molecule has 0 radical (unpaired) electrons. The summed E-state index contributed by atoms with van der Waals surface area (Å²) in [5.74, 6) is 0. The Morgan fingerprint density at radius 3 is 1.57 bits per heavy atom. The van der Waals surface area contributed by atoms with Crippen molar-refractivity contribution in [2.24, 2.45) is 0 Å². The molecule has 6 aromatic rings. The van der Waals surface area contributed by atoms with E-state index in [1.54, 1.807) is 22.7 Å². The van der Waals surface area contributed by atoms with Gasteiger partial charge in [-0.2, -0.15) is 0 Å². The molecule has 0 aliphatic heterocycles. The SMILES string of the molecule is Cc1cc(-c2nc(CCc3csc(-c4ccc(C)c(-c5cccc(C)c5C)c4)n3)cs2)ccc1-c1cccc(C)c1C. The lowest BCUT2D eigenvalue weighted by Gasteiger charge is -2.12. The van der Waals surface area contributed by atoms with E-state index in [1.807, 2.05) is 0 Å². The molecule has 0 saturated heterocycles. The number of benzene rings is 4. The number of hydrogen-bond acceptors (Lipinski definition) is 4. The molecule has 210 valence electrons. The molecule has 2 nitrogen and oxygen atoms in total. The predicted molar refractivity (Wildman–Crippen MR) is 182 cm³/mol. The van der Waals surface area contributed by atoms with Gasteiger partial charge in [-0.15, -0.1) is 22.7 Å². The van der Waals surface area contributed by atoms with Crippen LogP contribution in [0, 0.1) is 41.5 Å². The second kappa shape index (κ2) is 11.8. The first-order valence-electron chi connectivity index (χ1n) is 14.5. The van der Waals surface area contributed by atoms with Crippen molar-refractivity contribution < 1.29 is 0 Å². The summed E-state index contributed by atoms with van der Waals surface area (Å²) in [6, 6.07) is 26.6. The molecule has 0 N–H and O–H groups in total. The van der Waals surface area contributed by atoms with E-state index in [-0.39, 0.29) is 0 Å². The van der Waals surface area contributed by atoms with Crippen LogP contribution in [0.15, 0.2) is 83.6 Å². The van der Waals surface area contributed by atoms with Gasteiger partial charge in [-0.1, -0.05) is 60.7 Å². The van der Waals surface area contributed by atoms with Crippen LogP contribution in [0.1, 0.15) is 44.8 Å². The molecule has 0 aliphatic carbocycles. The molecule has 42 heavy (non-hydrogen) atoms. The highest BCUT2D eigenvalue weighted by molar-refractivity contribution is 7.13. The van der Waals surface area contributed by atoms with E-state index in [9.17, 15) is 0 Å². The largest absolute Gasteiger partial charge is 0.241 e. The summed E-state index contributed by atoms with van der Waals surface area (Å²) < 4.78 is 0. The molecule has 6 rings (SSSR count). The van der Waals surface area contributed by atoms with Gasteiger partial charge in [0, 0.05) is 21.9 Å². The van der Waals surface area contributed by atoms with E-state index in [2.05, 4.69) is 125 Å². The maximum atomic E-state index is 5.02. The van der Waals surface area contributed by atoms with Gasteiger partial charge in [0.1, 0.15) is 10.0 Å². The predicted octanol–water partition coefficient (Wildman–Crippen LogP) is 10.9. The summed E-state index contributed by atoms with van der Waals surface area (Å²) in [5.41, 5.74) is 17.8. The number of hydrogen-bond donors (Lipinski definition) is 0. The lowest BCUT2D eigenvalue weighted by molar-refractivity contribution is 0.900. The molecule has 0 saturated carbocycles. The summed E-state index contributed by atoms with van der Waals surface area (Å²) >= 11 is 3.46. The molecule has 0 amide bonds. The fourth-order valence-corrected chi connectivity index (χ4v) is 7.30. The second-order valence-electron chi connectivity index (χ2n) is 11.3. The minimum atomic E-state index is 0.889. The summed E-state index contributed by atoms with van der Waals surface area (Å²) in [6.07, 6.45) is 1.78. The van der Waals surface area contributed by atoms with Crippen molar-refractivity contribution in [3.8, 4) is 43.4 Å². The van der Waals surface area contributed by atoms with Crippen molar-refractivity contribution in [1.82, 2.24) is 9.97 Å². The third-order valence-corrected chi connectivity index (χ3v) is 10.4. The van der Waals surface area contributed by atoms with E-state index in [0.29, 0.717) is 0 Å². The summed E-state index contributed by atoms with van der Waals surface area (Å²) in [4.78, 5) is 10.0. The lowest BCUT2D eigenvalue weighted by atomic mass is 9.93.